The van der Waals surface area contributed by atoms with Gasteiger partial charge in [0.15, 0.2) is 0 Å². The lowest BCUT2D eigenvalue weighted by Gasteiger charge is -2.18. The van der Waals surface area contributed by atoms with Crippen molar-refractivity contribution < 1.29 is 9.90 Å². The zero-order valence-corrected chi connectivity index (χ0v) is 9.84. The van der Waals surface area contributed by atoms with Crippen LogP contribution < -0.4 is 11.1 Å². The lowest BCUT2D eigenvalue weighted by atomic mass is 10.2. The highest BCUT2D eigenvalue weighted by atomic mass is 16.3. The Hall–Kier alpha value is -1.40. The third-order valence-electron chi connectivity index (χ3n) is 2.99. The molecule has 6 heteroatoms. The number of rotatable bonds is 5. The lowest BCUT2D eigenvalue weighted by molar-refractivity contribution is -0.124. The minimum absolute atomic E-state index is 0.0307. The van der Waals surface area contributed by atoms with Crippen LogP contribution in [0.5, 0.6) is 0 Å². The van der Waals surface area contributed by atoms with Gasteiger partial charge in [0, 0.05) is 12.2 Å². The summed E-state index contributed by atoms with van der Waals surface area (Å²) in [5.41, 5.74) is 6.42. The third kappa shape index (κ3) is 2.65. The molecule has 1 saturated carbocycles. The van der Waals surface area contributed by atoms with Gasteiger partial charge in [0.2, 0.25) is 5.91 Å². The monoisotopic (exact) mass is 238 g/mol. The van der Waals surface area contributed by atoms with Crippen LogP contribution in [0.25, 0.3) is 0 Å². The van der Waals surface area contributed by atoms with E-state index in [0.29, 0.717) is 11.7 Å². The number of aliphatic hydroxyl groups excluding tert-OH is 1. The van der Waals surface area contributed by atoms with Crippen LogP contribution in [-0.4, -0.2) is 33.2 Å². The Labute approximate surface area is 99.8 Å². The van der Waals surface area contributed by atoms with Crippen molar-refractivity contribution in [2.24, 2.45) is 5.73 Å². The number of imidazole rings is 1. The molecule has 1 heterocycles. The number of hydrogen-bond acceptors (Lipinski definition) is 4. The van der Waals surface area contributed by atoms with Gasteiger partial charge < -0.3 is 20.7 Å². The van der Waals surface area contributed by atoms with Gasteiger partial charge in [0.1, 0.15) is 6.04 Å². The van der Waals surface area contributed by atoms with Crippen LogP contribution in [0.2, 0.25) is 0 Å². The number of aliphatic hydroxyl groups is 1. The maximum atomic E-state index is 11.9. The van der Waals surface area contributed by atoms with E-state index in [1.807, 2.05) is 0 Å². The number of amides is 1. The van der Waals surface area contributed by atoms with Crippen LogP contribution >= 0.6 is 0 Å². The summed E-state index contributed by atoms with van der Waals surface area (Å²) in [5.74, 6) is -0.0307. The van der Waals surface area contributed by atoms with Crippen molar-refractivity contribution in [2.75, 3.05) is 6.61 Å². The number of aromatic nitrogens is 2. The second-order valence-electron chi connectivity index (χ2n) is 4.47. The van der Waals surface area contributed by atoms with Gasteiger partial charge in [-0.15, -0.1) is 0 Å². The van der Waals surface area contributed by atoms with Crippen LogP contribution in [0, 0.1) is 0 Å². The van der Waals surface area contributed by atoms with Crippen LogP contribution in [0.15, 0.2) is 12.5 Å². The summed E-state index contributed by atoms with van der Waals surface area (Å²) in [5, 5.41) is 12.0. The van der Waals surface area contributed by atoms with E-state index in [1.165, 1.54) is 0 Å². The first-order chi connectivity index (χ1) is 8.13. The molecule has 1 aromatic rings. The van der Waals surface area contributed by atoms with Gasteiger partial charge in [-0.1, -0.05) is 0 Å². The van der Waals surface area contributed by atoms with Crippen molar-refractivity contribution in [3.63, 3.8) is 0 Å². The van der Waals surface area contributed by atoms with Crippen molar-refractivity contribution in [3.8, 4) is 0 Å². The largest absolute Gasteiger partial charge is 0.394 e. The van der Waals surface area contributed by atoms with E-state index < -0.39 is 6.04 Å². The highest BCUT2D eigenvalue weighted by Gasteiger charge is 2.27. The molecule has 0 bridgehead atoms. The van der Waals surface area contributed by atoms with Gasteiger partial charge >= 0.3 is 0 Å². The molecule has 0 saturated heterocycles. The maximum absolute atomic E-state index is 11.9. The second kappa shape index (κ2) is 4.85. The SMILES string of the molecule is CC(C(=O)NC1CC1)n1cncc1C(N)CO. The van der Waals surface area contributed by atoms with Crippen LogP contribution in [0.1, 0.15) is 37.5 Å². The Morgan fingerprint density at radius 3 is 3.06 bits per heavy atom. The van der Waals surface area contributed by atoms with Gasteiger partial charge in [-0.05, 0) is 19.8 Å². The molecule has 0 aromatic carbocycles. The predicted molar refractivity (Wildman–Crippen MR) is 62.1 cm³/mol. The molecule has 6 nitrogen and oxygen atoms in total. The maximum Gasteiger partial charge on any atom is 0.243 e. The van der Waals surface area contributed by atoms with Gasteiger partial charge in [-0.3, -0.25) is 4.79 Å². The molecule has 1 aromatic heterocycles. The highest BCUT2D eigenvalue weighted by Crippen LogP contribution is 2.21. The van der Waals surface area contributed by atoms with Gasteiger partial charge in [-0.25, -0.2) is 4.98 Å². The van der Waals surface area contributed by atoms with Gasteiger partial charge in [0.25, 0.3) is 0 Å². The third-order valence-corrected chi connectivity index (χ3v) is 2.99. The first-order valence-corrected chi connectivity index (χ1v) is 5.82. The molecular weight excluding hydrogens is 220 g/mol. The van der Waals surface area contributed by atoms with Crippen LogP contribution in [-0.2, 0) is 4.79 Å². The summed E-state index contributed by atoms with van der Waals surface area (Å²) in [4.78, 5) is 15.9. The Kier molecular flexibility index (Phi) is 3.44. The minimum Gasteiger partial charge on any atom is -0.394 e. The average Bonchev–Trinajstić information content (AvgIpc) is 3.00. The summed E-state index contributed by atoms with van der Waals surface area (Å²) in [6, 6.07) is -0.525. The number of hydrogen-bond donors (Lipinski definition) is 3. The van der Waals surface area contributed by atoms with E-state index in [0.717, 1.165) is 12.8 Å². The predicted octanol–water partition coefficient (Wildman–Crippen LogP) is -0.285. The van der Waals surface area contributed by atoms with Crippen molar-refractivity contribution in [3.05, 3.63) is 18.2 Å². The topological polar surface area (TPSA) is 93.2 Å². The Morgan fingerprint density at radius 1 is 1.76 bits per heavy atom. The molecule has 4 N–H and O–H groups in total. The quantitative estimate of drug-likeness (QED) is 0.657. The molecule has 0 aliphatic heterocycles. The second-order valence-corrected chi connectivity index (χ2v) is 4.47. The van der Waals surface area contributed by atoms with Crippen molar-refractivity contribution >= 4 is 5.91 Å². The van der Waals surface area contributed by atoms with E-state index in [1.54, 1.807) is 24.0 Å². The van der Waals surface area contributed by atoms with Crippen molar-refractivity contribution in [1.82, 2.24) is 14.9 Å². The van der Waals surface area contributed by atoms with E-state index in [2.05, 4.69) is 10.3 Å². The summed E-state index contributed by atoms with van der Waals surface area (Å²) < 4.78 is 1.71. The smallest absolute Gasteiger partial charge is 0.243 e. The van der Waals surface area contributed by atoms with Gasteiger partial charge in [0.05, 0.1) is 24.7 Å². The summed E-state index contributed by atoms with van der Waals surface area (Å²) >= 11 is 0. The molecule has 2 unspecified atom stereocenters. The fourth-order valence-electron chi connectivity index (χ4n) is 1.69. The molecule has 1 fully saturated rings. The fourth-order valence-corrected chi connectivity index (χ4v) is 1.69. The first kappa shape index (κ1) is 12.1. The molecule has 1 aliphatic rings. The van der Waals surface area contributed by atoms with Gasteiger partial charge in [-0.2, -0.15) is 0 Å². The normalized spacial score (nSPS) is 18.8. The van der Waals surface area contributed by atoms with Crippen LogP contribution in [0.4, 0.5) is 0 Å². The van der Waals surface area contributed by atoms with E-state index in [9.17, 15) is 4.79 Å². The van der Waals surface area contributed by atoms with E-state index >= 15 is 0 Å². The van der Waals surface area contributed by atoms with E-state index in [4.69, 9.17) is 10.8 Å². The molecule has 0 spiro atoms. The number of nitrogens with one attached hydrogen (secondary N) is 1. The number of nitrogens with zero attached hydrogens (tertiary/aromatic N) is 2. The number of carbonyl (C=O) groups excluding carboxylic acids is 1. The number of nitrogens with two attached hydrogens (primary N) is 1. The number of carbonyl (C=O) groups is 1. The Bertz CT molecular complexity index is 400. The Morgan fingerprint density at radius 2 is 2.47 bits per heavy atom. The molecule has 17 heavy (non-hydrogen) atoms. The summed E-state index contributed by atoms with van der Waals surface area (Å²) in [7, 11) is 0. The van der Waals surface area contributed by atoms with Crippen molar-refractivity contribution in [2.45, 2.75) is 37.9 Å². The zero-order chi connectivity index (χ0) is 12.4. The fraction of sp³-hybridized carbons (Fsp3) is 0.636. The Balaban J connectivity index is 2.09. The first-order valence-electron chi connectivity index (χ1n) is 5.82. The lowest BCUT2D eigenvalue weighted by Crippen LogP contribution is -2.33. The molecule has 1 amide bonds. The zero-order valence-electron chi connectivity index (χ0n) is 9.84. The molecular formula is C11H18N4O2. The van der Waals surface area contributed by atoms with E-state index in [-0.39, 0.29) is 18.6 Å². The molecule has 94 valence electrons. The molecule has 1 aliphatic carbocycles. The summed E-state index contributed by atoms with van der Waals surface area (Å²) in [6.07, 6.45) is 5.28. The van der Waals surface area contributed by atoms with Crippen molar-refractivity contribution in [1.29, 1.82) is 0 Å². The highest BCUT2D eigenvalue weighted by molar-refractivity contribution is 5.80. The molecule has 0 radical (unpaired) electrons. The minimum atomic E-state index is -0.506. The standard InChI is InChI=1S/C11H18N4O2/c1-7(11(17)14-8-2-3-8)15-6-13-4-10(15)9(12)5-16/h4,6-9,16H,2-3,5,12H2,1H3,(H,14,17). The molecule has 2 atom stereocenters. The summed E-state index contributed by atoms with van der Waals surface area (Å²) in [6.45, 7) is 1.63. The molecule has 2 rings (SSSR count). The van der Waals surface area contributed by atoms with Crippen LogP contribution in [0.3, 0.4) is 0 Å². The average molecular weight is 238 g/mol.